The van der Waals surface area contributed by atoms with Crippen molar-refractivity contribution in [2.45, 2.75) is 45.1 Å². The van der Waals surface area contributed by atoms with Crippen LogP contribution >= 0.6 is 0 Å². The second-order valence-electron chi connectivity index (χ2n) is 5.06. The largest absolute Gasteiger partial charge is 0.480 e. The van der Waals surface area contributed by atoms with Gasteiger partial charge in [-0.2, -0.15) is 0 Å². The summed E-state index contributed by atoms with van der Waals surface area (Å²) in [6.07, 6.45) is 3.86. The number of aliphatic carboxylic acids is 1. The molecule has 0 aliphatic heterocycles. The molecule has 0 saturated carbocycles. The smallest absolute Gasteiger partial charge is 0.355 e. The molecule has 7 nitrogen and oxygen atoms in total. The average molecular weight is 308 g/mol. The Morgan fingerprint density at radius 3 is 2.55 bits per heavy atom. The minimum absolute atomic E-state index is 0.0127. The number of ketones is 1. The monoisotopic (exact) mass is 308 g/mol. The molecule has 0 bridgehead atoms. The van der Waals surface area contributed by atoms with E-state index < -0.39 is 23.8 Å². The minimum Gasteiger partial charge on any atom is -0.480 e. The van der Waals surface area contributed by atoms with Gasteiger partial charge in [-0.05, 0) is 30.9 Å². The Balaban J connectivity index is 2.95. The summed E-state index contributed by atoms with van der Waals surface area (Å²) in [5.41, 5.74) is 5.84. The van der Waals surface area contributed by atoms with Crippen LogP contribution in [0.4, 0.5) is 0 Å². The molecule has 1 atom stereocenters. The first-order valence-corrected chi connectivity index (χ1v) is 7.10. The highest BCUT2D eigenvalue weighted by Gasteiger charge is 2.21. The van der Waals surface area contributed by atoms with Crippen LogP contribution in [-0.2, 0) is 11.2 Å². The molecule has 0 aliphatic rings. The fraction of sp³-hybridized carbons (Fsp3) is 0.467. The van der Waals surface area contributed by atoms with Gasteiger partial charge in [0, 0.05) is 12.6 Å². The molecule has 1 aromatic heterocycles. The number of carbonyl (C=O) groups excluding carboxylic acids is 1. The fourth-order valence-corrected chi connectivity index (χ4v) is 1.95. The van der Waals surface area contributed by atoms with Gasteiger partial charge in [0.1, 0.15) is 6.04 Å². The van der Waals surface area contributed by atoms with E-state index in [0.29, 0.717) is 6.42 Å². The number of unbranched alkanes of at least 4 members (excludes halogenated alkanes) is 1. The van der Waals surface area contributed by atoms with Crippen molar-refractivity contribution in [3.05, 3.63) is 29.1 Å². The summed E-state index contributed by atoms with van der Waals surface area (Å²) in [5.74, 6) is -2.94. The molecular weight excluding hydrogens is 288 g/mol. The van der Waals surface area contributed by atoms with Gasteiger partial charge in [-0.15, -0.1) is 0 Å². The SMILES string of the molecule is CCCCc1cnc(C(=O)O)c(C(=O)CC[C@H](N)C(=O)O)c1. The van der Waals surface area contributed by atoms with Gasteiger partial charge in [-0.3, -0.25) is 9.59 Å². The maximum Gasteiger partial charge on any atom is 0.355 e. The van der Waals surface area contributed by atoms with Crippen molar-refractivity contribution in [2.75, 3.05) is 0 Å². The second kappa shape index (κ2) is 8.23. The van der Waals surface area contributed by atoms with Crippen molar-refractivity contribution in [2.24, 2.45) is 5.73 Å². The number of nitrogens with zero attached hydrogens (tertiary/aromatic N) is 1. The molecule has 0 amide bonds. The summed E-state index contributed by atoms with van der Waals surface area (Å²) in [5, 5.41) is 17.8. The van der Waals surface area contributed by atoms with Crippen LogP contribution in [0.15, 0.2) is 12.3 Å². The predicted molar refractivity (Wildman–Crippen MR) is 79.0 cm³/mol. The Hall–Kier alpha value is -2.28. The molecule has 0 spiro atoms. The molecule has 1 rings (SSSR count). The van der Waals surface area contributed by atoms with Crippen molar-refractivity contribution < 1.29 is 24.6 Å². The zero-order valence-corrected chi connectivity index (χ0v) is 12.4. The molecule has 120 valence electrons. The zero-order valence-electron chi connectivity index (χ0n) is 12.4. The van der Waals surface area contributed by atoms with Crippen molar-refractivity contribution in [3.63, 3.8) is 0 Å². The Labute approximate surface area is 128 Å². The molecule has 1 aromatic rings. The Morgan fingerprint density at radius 2 is 2.00 bits per heavy atom. The van der Waals surface area contributed by atoms with Crippen LogP contribution in [0.3, 0.4) is 0 Å². The number of pyridine rings is 1. The van der Waals surface area contributed by atoms with Crippen LogP contribution in [0, 0.1) is 0 Å². The highest BCUT2D eigenvalue weighted by Crippen LogP contribution is 2.15. The van der Waals surface area contributed by atoms with Gasteiger partial charge in [-0.1, -0.05) is 13.3 Å². The molecule has 0 aromatic carbocycles. The summed E-state index contributed by atoms with van der Waals surface area (Å²) in [4.78, 5) is 37.8. The van der Waals surface area contributed by atoms with Gasteiger partial charge in [0.15, 0.2) is 11.5 Å². The highest BCUT2D eigenvalue weighted by molar-refractivity contribution is 6.04. The number of aromatic nitrogens is 1. The van der Waals surface area contributed by atoms with Crippen LogP contribution < -0.4 is 5.73 Å². The predicted octanol–water partition coefficient (Wildman–Crippen LogP) is 1.50. The van der Waals surface area contributed by atoms with Gasteiger partial charge >= 0.3 is 11.9 Å². The normalized spacial score (nSPS) is 11.9. The third-order valence-electron chi connectivity index (χ3n) is 3.27. The highest BCUT2D eigenvalue weighted by atomic mass is 16.4. The lowest BCUT2D eigenvalue weighted by Crippen LogP contribution is -2.30. The average Bonchev–Trinajstić information content (AvgIpc) is 2.49. The lowest BCUT2D eigenvalue weighted by atomic mass is 9.99. The van der Waals surface area contributed by atoms with E-state index in [9.17, 15) is 14.4 Å². The first-order chi connectivity index (χ1) is 10.4. The van der Waals surface area contributed by atoms with Crippen molar-refractivity contribution in [1.82, 2.24) is 4.98 Å². The Bertz CT molecular complexity index is 571. The molecule has 1 heterocycles. The summed E-state index contributed by atoms with van der Waals surface area (Å²) in [7, 11) is 0. The van der Waals surface area contributed by atoms with Crippen LogP contribution in [-0.4, -0.2) is 39.0 Å². The molecule has 0 fully saturated rings. The quantitative estimate of drug-likeness (QED) is 0.589. The van der Waals surface area contributed by atoms with Gasteiger partial charge in [0.2, 0.25) is 0 Å². The first-order valence-electron chi connectivity index (χ1n) is 7.10. The Morgan fingerprint density at radius 1 is 1.32 bits per heavy atom. The maximum absolute atomic E-state index is 12.2. The summed E-state index contributed by atoms with van der Waals surface area (Å²) < 4.78 is 0. The first kappa shape index (κ1) is 17.8. The lowest BCUT2D eigenvalue weighted by Gasteiger charge is -2.09. The maximum atomic E-state index is 12.2. The van der Waals surface area contributed by atoms with Gasteiger partial charge in [0.25, 0.3) is 0 Å². The number of aromatic carboxylic acids is 1. The Kier molecular flexibility index (Phi) is 6.65. The van der Waals surface area contributed by atoms with E-state index >= 15 is 0 Å². The van der Waals surface area contributed by atoms with E-state index in [2.05, 4.69) is 4.98 Å². The van der Waals surface area contributed by atoms with E-state index in [1.165, 1.54) is 12.3 Å². The topological polar surface area (TPSA) is 131 Å². The summed E-state index contributed by atoms with van der Waals surface area (Å²) in [6.45, 7) is 2.03. The van der Waals surface area contributed by atoms with E-state index in [1.54, 1.807) is 0 Å². The number of aryl methyl sites for hydroxylation is 1. The molecule has 7 heteroatoms. The standard InChI is InChI=1S/C15H20N2O5/c1-2-3-4-9-7-10(13(15(21)22)17-8-9)12(18)6-5-11(16)14(19)20/h7-8,11H,2-6,16H2,1H3,(H,19,20)(H,21,22)/t11-/m0/s1. The van der Waals surface area contributed by atoms with Crippen LogP contribution in [0.2, 0.25) is 0 Å². The van der Waals surface area contributed by atoms with Crippen LogP contribution in [0.25, 0.3) is 0 Å². The van der Waals surface area contributed by atoms with Crippen molar-refractivity contribution >= 4 is 17.7 Å². The number of carboxylic acid groups (broad SMARTS) is 2. The van der Waals surface area contributed by atoms with Gasteiger partial charge in [0.05, 0.1) is 5.56 Å². The molecule has 22 heavy (non-hydrogen) atoms. The van der Waals surface area contributed by atoms with E-state index in [-0.39, 0.29) is 24.1 Å². The number of carboxylic acids is 2. The molecule has 0 saturated heterocycles. The molecule has 0 radical (unpaired) electrons. The molecule has 0 unspecified atom stereocenters. The van der Waals surface area contributed by atoms with Crippen molar-refractivity contribution in [3.8, 4) is 0 Å². The number of hydrogen-bond donors (Lipinski definition) is 3. The lowest BCUT2D eigenvalue weighted by molar-refractivity contribution is -0.138. The number of hydrogen-bond acceptors (Lipinski definition) is 5. The summed E-state index contributed by atoms with van der Waals surface area (Å²) in [6, 6.07) is 0.384. The van der Waals surface area contributed by atoms with Crippen LogP contribution in [0.5, 0.6) is 0 Å². The van der Waals surface area contributed by atoms with E-state index in [0.717, 1.165) is 18.4 Å². The molecule has 4 N–H and O–H groups in total. The number of rotatable bonds is 9. The minimum atomic E-state index is -1.28. The van der Waals surface area contributed by atoms with E-state index in [1.807, 2.05) is 6.92 Å². The number of Topliss-reactive ketones (excluding diaryl/α,β-unsaturated/α-hetero) is 1. The van der Waals surface area contributed by atoms with E-state index in [4.69, 9.17) is 15.9 Å². The van der Waals surface area contributed by atoms with Crippen molar-refractivity contribution in [1.29, 1.82) is 0 Å². The number of carbonyl (C=O) groups is 3. The number of nitrogens with two attached hydrogens (primary N) is 1. The fourth-order valence-electron chi connectivity index (χ4n) is 1.95. The summed E-state index contributed by atoms with van der Waals surface area (Å²) >= 11 is 0. The zero-order chi connectivity index (χ0) is 16.7. The van der Waals surface area contributed by atoms with Gasteiger partial charge < -0.3 is 15.9 Å². The third kappa shape index (κ3) is 4.92. The molecule has 0 aliphatic carbocycles. The van der Waals surface area contributed by atoms with Crippen LogP contribution in [0.1, 0.15) is 59.0 Å². The third-order valence-corrected chi connectivity index (χ3v) is 3.27. The molecular formula is C15H20N2O5. The second-order valence-corrected chi connectivity index (χ2v) is 5.06. The van der Waals surface area contributed by atoms with Gasteiger partial charge in [-0.25, -0.2) is 9.78 Å².